The van der Waals surface area contributed by atoms with Crippen molar-refractivity contribution in [2.45, 2.75) is 32.6 Å². The molecule has 3 aromatic carbocycles. The number of fused-ring (bicyclic) bond motifs is 5. The summed E-state index contributed by atoms with van der Waals surface area (Å²) in [5.41, 5.74) is 11.8. The maximum Gasteiger partial charge on any atom is -1.00 e. The number of allylic oxidation sites excluding steroid dienone is 2. The summed E-state index contributed by atoms with van der Waals surface area (Å²) >= 11 is -1.20. The fourth-order valence-electron chi connectivity index (χ4n) is 6.95. The molecule has 0 saturated carbocycles. The van der Waals surface area contributed by atoms with E-state index in [0.717, 1.165) is 0 Å². The van der Waals surface area contributed by atoms with Crippen LogP contribution >= 0.6 is 0 Å². The Kier molecular flexibility index (Phi) is 7.13. The van der Waals surface area contributed by atoms with Gasteiger partial charge in [0, 0.05) is 0 Å². The largest absolute Gasteiger partial charge is 1.00 e. The first-order chi connectivity index (χ1) is 18.3. The Morgan fingerprint density at radius 3 is 2.33 bits per heavy atom. The van der Waals surface area contributed by atoms with E-state index in [4.69, 9.17) is 0 Å². The van der Waals surface area contributed by atoms with Crippen molar-refractivity contribution in [3.63, 3.8) is 0 Å². The Hall–Kier alpha value is -2.58. The van der Waals surface area contributed by atoms with E-state index in [1.807, 2.05) is 0 Å². The number of rotatable bonds is 4. The van der Waals surface area contributed by atoms with E-state index >= 15 is 0 Å². The number of halogens is 2. The summed E-state index contributed by atoms with van der Waals surface area (Å²) in [6, 6.07) is 31.7. The van der Waals surface area contributed by atoms with Crippen molar-refractivity contribution in [2.75, 3.05) is 0 Å². The molecule has 2 atom stereocenters. The third-order valence-corrected chi connectivity index (χ3v) is 13.6. The predicted octanol–water partition coefficient (Wildman–Crippen LogP) is 1.89. The number of benzene rings is 3. The molecule has 0 radical (unpaired) electrons. The van der Waals surface area contributed by atoms with Crippen LogP contribution in [0, 0.1) is 0 Å². The van der Waals surface area contributed by atoms with Crippen molar-refractivity contribution >= 4 is 28.8 Å². The van der Waals surface area contributed by atoms with Gasteiger partial charge in [-0.05, 0) is 0 Å². The molecule has 3 aliphatic rings. The molecule has 0 bridgehead atoms. The minimum atomic E-state index is -1.20. The Balaban J connectivity index is 0.00000138. The summed E-state index contributed by atoms with van der Waals surface area (Å²) in [7, 11) is 0. The standard InChI is InChI=1S/C21H18N.C13H10N.2ClH.Zr/c1-2-8-16-14-17(13-15(16)7-1)22-20-11-5-3-9-18(20)19-10-4-6-12-21(19)22;1-2-6-12-11(5-1)7-8-13(12)14-9-3-4-10-14;;;/h1-3,5,7-9,11,13-14H,4,6,10,12H2;1-10H;2*1H;/q;;;;+2/p-2. The summed E-state index contributed by atoms with van der Waals surface area (Å²) in [5.74, 6) is 0. The van der Waals surface area contributed by atoms with Crippen LogP contribution in [0.2, 0.25) is 0 Å². The third-order valence-electron chi connectivity index (χ3n) is 8.59. The van der Waals surface area contributed by atoms with Crippen LogP contribution in [-0.4, -0.2) is 9.13 Å². The summed E-state index contributed by atoms with van der Waals surface area (Å²) in [5, 5.41) is 1.46. The van der Waals surface area contributed by atoms with Crippen molar-refractivity contribution < 1.29 is 48.0 Å². The van der Waals surface area contributed by atoms with Gasteiger partial charge in [0.15, 0.2) is 0 Å². The monoisotopic (exact) mass is 624 g/mol. The molecule has 0 spiro atoms. The van der Waals surface area contributed by atoms with E-state index < -0.39 is 23.2 Å². The fourth-order valence-corrected chi connectivity index (χ4v) is 12.1. The SMILES string of the molecule is C1=C[C]([Zr+2][CH]2C(n3c4c(c5ccccc53)CCCC4)=Cc3ccccc32)(n2cccc2)c2ccccc21.[Cl-].[Cl-]. The van der Waals surface area contributed by atoms with Crippen molar-refractivity contribution in [1.29, 1.82) is 0 Å². The van der Waals surface area contributed by atoms with Crippen molar-refractivity contribution in [3.05, 3.63) is 137 Å². The first kappa shape index (κ1) is 26.6. The van der Waals surface area contributed by atoms with E-state index in [2.05, 4.69) is 125 Å². The molecular weight excluding hydrogens is 599 g/mol. The van der Waals surface area contributed by atoms with Gasteiger partial charge in [0.05, 0.1) is 0 Å². The number of para-hydroxylation sites is 1. The minimum Gasteiger partial charge on any atom is -1.00 e. The molecule has 5 heteroatoms. The molecule has 0 saturated heterocycles. The van der Waals surface area contributed by atoms with Gasteiger partial charge in [0.25, 0.3) is 0 Å². The zero-order chi connectivity index (χ0) is 24.4. The molecule has 0 aliphatic heterocycles. The Labute approximate surface area is 253 Å². The van der Waals surface area contributed by atoms with Crippen LogP contribution in [0.15, 0.2) is 103 Å². The molecule has 2 heterocycles. The van der Waals surface area contributed by atoms with Crippen LogP contribution in [0.4, 0.5) is 0 Å². The third kappa shape index (κ3) is 4.00. The summed E-state index contributed by atoms with van der Waals surface area (Å²) < 4.78 is 5.61. The van der Waals surface area contributed by atoms with Gasteiger partial charge in [0.1, 0.15) is 0 Å². The Morgan fingerprint density at radius 1 is 0.744 bits per heavy atom. The van der Waals surface area contributed by atoms with Crippen LogP contribution in [0.25, 0.3) is 28.8 Å². The maximum atomic E-state index is 2.70. The topological polar surface area (TPSA) is 9.86 Å². The number of aromatic nitrogens is 2. The molecule has 3 aliphatic carbocycles. The van der Waals surface area contributed by atoms with Gasteiger partial charge in [-0.15, -0.1) is 0 Å². The van der Waals surface area contributed by atoms with E-state index in [1.54, 1.807) is 11.3 Å². The Morgan fingerprint density at radius 2 is 1.46 bits per heavy atom. The molecule has 192 valence electrons. The van der Waals surface area contributed by atoms with E-state index in [-0.39, 0.29) is 28.1 Å². The van der Waals surface area contributed by atoms with Crippen molar-refractivity contribution in [2.24, 2.45) is 0 Å². The molecule has 2 aromatic heterocycles. The van der Waals surface area contributed by atoms with Gasteiger partial charge in [-0.2, -0.15) is 0 Å². The van der Waals surface area contributed by atoms with E-state index in [0.29, 0.717) is 3.63 Å². The van der Waals surface area contributed by atoms with Crippen LogP contribution in [0.5, 0.6) is 0 Å². The maximum absolute atomic E-state index is 2.70. The van der Waals surface area contributed by atoms with Crippen molar-refractivity contribution in [1.82, 2.24) is 9.13 Å². The molecule has 8 rings (SSSR count). The van der Waals surface area contributed by atoms with Gasteiger partial charge in [-0.25, -0.2) is 0 Å². The molecule has 0 N–H and O–H groups in total. The van der Waals surface area contributed by atoms with Gasteiger partial charge in [0.2, 0.25) is 0 Å². The zero-order valence-electron chi connectivity index (χ0n) is 21.5. The number of hydrogen-bond donors (Lipinski definition) is 0. The smallest absolute Gasteiger partial charge is 1.00 e. The molecule has 5 aromatic rings. The van der Waals surface area contributed by atoms with Crippen LogP contribution in [0.3, 0.4) is 0 Å². The molecule has 2 nitrogen and oxygen atoms in total. The average molecular weight is 627 g/mol. The number of hydrogen-bond acceptors (Lipinski definition) is 0. The molecule has 0 amide bonds. The summed E-state index contributed by atoms with van der Waals surface area (Å²) in [4.78, 5) is 0. The quantitative estimate of drug-likeness (QED) is 0.289. The summed E-state index contributed by atoms with van der Waals surface area (Å²) in [6.07, 6.45) is 17.0. The van der Waals surface area contributed by atoms with Crippen molar-refractivity contribution in [3.8, 4) is 0 Å². The molecular formula is C34H28Cl2N2Zr. The van der Waals surface area contributed by atoms with E-state index in [9.17, 15) is 0 Å². The second kappa shape index (κ2) is 10.4. The second-order valence-corrected chi connectivity index (χ2v) is 14.5. The first-order valence-electron chi connectivity index (χ1n) is 13.5. The number of nitrogens with zero attached hydrogens (tertiary/aromatic N) is 2. The van der Waals surface area contributed by atoms with Gasteiger partial charge in [-0.1, -0.05) is 0 Å². The normalized spacial score (nSPS) is 20.3. The molecule has 2 unspecified atom stereocenters. The Bertz CT molecular complexity index is 1730. The predicted molar refractivity (Wildman–Crippen MR) is 149 cm³/mol. The average Bonchev–Trinajstić information content (AvgIpc) is 3.74. The zero-order valence-corrected chi connectivity index (χ0v) is 25.5. The van der Waals surface area contributed by atoms with Gasteiger partial charge in [-0.3, -0.25) is 0 Å². The first-order valence-corrected chi connectivity index (χ1v) is 16.1. The van der Waals surface area contributed by atoms with Crippen LogP contribution in [-0.2, 0) is 39.3 Å². The minimum absolute atomic E-state index is 0. The van der Waals surface area contributed by atoms with Gasteiger partial charge >= 0.3 is 231 Å². The summed E-state index contributed by atoms with van der Waals surface area (Å²) in [6.45, 7) is 0. The van der Waals surface area contributed by atoms with Gasteiger partial charge < -0.3 is 24.8 Å². The molecule has 39 heavy (non-hydrogen) atoms. The molecule has 0 fully saturated rings. The second-order valence-electron chi connectivity index (χ2n) is 10.5. The van der Waals surface area contributed by atoms with Crippen LogP contribution in [0.1, 0.15) is 50.0 Å². The fraction of sp³-hybridized carbons (Fsp3) is 0.176. The number of aryl methyl sites for hydroxylation is 1. The van der Waals surface area contributed by atoms with Crippen LogP contribution < -0.4 is 24.8 Å². The van der Waals surface area contributed by atoms with E-state index in [1.165, 1.54) is 64.5 Å².